The SMILES string of the molecule is C#CC(C)Oc1cc(N2C(=O)C3=C(CCCC3)C2=O)c(F)cc1Cl.CC(C)N1C(=O)c2ccccc2NS1(=O)=O.C[S+](C)C.O=C(O)CNCP(=O)([O-])O. The number of ether oxygens (including phenoxy) is 1. The lowest BCUT2D eigenvalue weighted by molar-refractivity contribution is -0.193. The summed E-state index contributed by atoms with van der Waals surface area (Å²) in [4.78, 5) is 65.7. The number of halogens is 2. The highest BCUT2D eigenvalue weighted by Gasteiger charge is 2.41. The molecule has 15 nitrogen and oxygen atoms in total. The summed E-state index contributed by atoms with van der Waals surface area (Å²) >= 11 is 5.97. The number of amides is 3. The number of terminal acetylenes is 1. The van der Waals surface area contributed by atoms with Gasteiger partial charge in [0.25, 0.3) is 17.7 Å². The highest BCUT2D eigenvalue weighted by atomic mass is 35.5. The number of nitrogens with zero attached hydrogens (tertiary/aromatic N) is 2. The van der Waals surface area contributed by atoms with E-state index in [1.165, 1.54) is 6.07 Å². The summed E-state index contributed by atoms with van der Waals surface area (Å²) in [6, 6.07) is 8.43. The van der Waals surface area contributed by atoms with E-state index >= 15 is 0 Å². The first-order valence-corrected chi connectivity index (χ1v) is 22.2. The molecule has 0 spiro atoms. The molecule has 2 aliphatic heterocycles. The van der Waals surface area contributed by atoms with Crippen molar-refractivity contribution < 1.29 is 56.2 Å². The number of hydrogen-bond acceptors (Lipinski definition) is 10. The molecule has 0 radical (unpaired) electrons. The van der Waals surface area contributed by atoms with E-state index in [9.17, 15) is 41.4 Å². The Balaban J connectivity index is 0.000000289. The number of hydrogen-bond donors (Lipinski definition) is 4. The average Bonchev–Trinajstić information content (AvgIpc) is 3.30. The second kappa shape index (κ2) is 20.1. The molecule has 296 valence electrons. The Kier molecular flexibility index (Phi) is 17.2. The van der Waals surface area contributed by atoms with Crippen molar-refractivity contribution in [1.82, 2.24) is 9.62 Å². The van der Waals surface area contributed by atoms with Gasteiger partial charge in [0, 0.05) is 23.3 Å². The van der Waals surface area contributed by atoms with E-state index in [0.29, 0.717) is 46.1 Å². The van der Waals surface area contributed by atoms with Crippen LogP contribution in [0.4, 0.5) is 15.8 Å². The highest BCUT2D eigenvalue weighted by Crippen LogP contribution is 2.39. The van der Waals surface area contributed by atoms with Crippen LogP contribution in [0.25, 0.3) is 0 Å². The molecular weight excluding hydrogens is 790 g/mol. The number of rotatable bonds is 8. The molecular formula is C34H43ClFN4O11PS2. The predicted octanol–water partition coefficient (Wildman–Crippen LogP) is 3.49. The minimum absolute atomic E-state index is 0.0233. The average molecular weight is 833 g/mol. The molecule has 54 heavy (non-hydrogen) atoms. The monoisotopic (exact) mass is 832 g/mol. The molecule has 1 aliphatic carbocycles. The maximum atomic E-state index is 14.4. The van der Waals surface area contributed by atoms with Gasteiger partial charge >= 0.3 is 16.2 Å². The second-order valence-corrected chi connectivity index (χ2v) is 18.5. The van der Waals surface area contributed by atoms with E-state index in [1.807, 2.05) is 5.32 Å². The van der Waals surface area contributed by atoms with Crippen LogP contribution in [0.15, 0.2) is 47.5 Å². The largest absolute Gasteiger partial charge is 0.778 e. The molecule has 5 rings (SSSR count). The van der Waals surface area contributed by atoms with Crippen molar-refractivity contribution in [3.63, 3.8) is 0 Å². The third-order valence-electron chi connectivity index (χ3n) is 7.08. The summed E-state index contributed by atoms with van der Waals surface area (Å²) in [5.41, 5.74) is 1.53. The Labute approximate surface area is 322 Å². The standard InChI is InChI=1S/C18H15ClFNO3.C10H12N2O3S.C3H8NO5P.C3H9S/c1-3-10(2)24-16-9-15(14(20)8-13(16)19)21-17(22)11-6-4-5-7-12(11)18(21)23;1-7(2)12-10(13)8-5-3-4-6-9(8)11-16(12,14)15;5-3(6)1-4-2-10(7,8)9;1-4(2)3/h1,8-10H,4-7H2,2H3;3-7,11H,1-2H3;4H,1-2H2,(H,5,6)(H2,7,8,9);1-3H3/q;;;+1/p-1. The Hall–Kier alpha value is -3.95. The molecule has 20 heteroatoms. The predicted molar refractivity (Wildman–Crippen MR) is 204 cm³/mol. The Morgan fingerprint density at radius 1 is 1.11 bits per heavy atom. The summed E-state index contributed by atoms with van der Waals surface area (Å²) in [6.45, 7) is 4.47. The van der Waals surface area contributed by atoms with E-state index in [-0.39, 0.29) is 16.5 Å². The quantitative estimate of drug-likeness (QED) is 0.130. The van der Waals surface area contributed by atoms with Crippen LogP contribution in [-0.2, 0) is 40.1 Å². The van der Waals surface area contributed by atoms with E-state index in [0.717, 1.165) is 28.1 Å². The van der Waals surface area contributed by atoms with Gasteiger partial charge in [-0.05, 0) is 75.5 Å². The third-order valence-corrected chi connectivity index (χ3v) is 9.59. The summed E-state index contributed by atoms with van der Waals surface area (Å²) in [5, 5.41) is 10.00. The van der Waals surface area contributed by atoms with Gasteiger partial charge in [-0.1, -0.05) is 29.7 Å². The molecule has 0 aromatic heterocycles. The molecule has 2 atom stereocenters. The Bertz CT molecular complexity index is 1940. The molecule has 0 fully saturated rings. The van der Waals surface area contributed by atoms with Crippen molar-refractivity contribution in [1.29, 1.82) is 0 Å². The molecule has 3 aliphatic rings. The summed E-state index contributed by atoms with van der Waals surface area (Å²) in [6.07, 6.45) is 13.3. The fourth-order valence-corrected chi connectivity index (χ4v) is 6.97. The fraction of sp³-hybridized carbons (Fsp3) is 0.412. The lowest BCUT2D eigenvalue weighted by Crippen LogP contribution is -2.48. The van der Waals surface area contributed by atoms with Crippen molar-refractivity contribution >= 4 is 75.4 Å². The molecule has 2 aromatic rings. The van der Waals surface area contributed by atoms with Crippen LogP contribution in [0.2, 0.25) is 5.02 Å². The topological polar surface area (TPSA) is 223 Å². The molecule has 2 heterocycles. The second-order valence-electron chi connectivity index (χ2n) is 12.5. The van der Waals surface area contributed by atoms with Crippen molar-refractivity contribution in [2.75, 3.05) is 41.2 Å². The minimum atomic E-state index is -4.35. The van der Waals surface area contributed by atoms with Gasteiger partial charge in [-0.15, -0.1) is 6.42 Å². The highest BCUT2D eigenvalue weighted by molar-refractivity contribution is 7.94. The van der Waals surface area contributed by atoms with Crippen LogP contribution in [0.1, 0.15) is 56.8 Å². The Morgan fingerprint density at radius 3 is 2.13 bits per heavy atom. The van der Waals surface area contributed by atoms with Crippen LogP contribution in [-0.4, -0.2) is 90.2 Å². The molecule has 4 N–H and O–H groups in total. The molecule has 3 amide bonds. The van der Waals surface area contributed by atoms with Crippen LogP contribution in [0.5, 0.6) is 5.75 Å². The number of carboxylic acid groups (broad SMARTS) is 1. The summed E-state index contributed by atoms with van der Waals surface area (Å²) in [5.74, 6) is -0.848. The lowest BCUT2D eigenvalue weighted by Gasteiger charge is -2.31. The maximum absolute atomic E-state index is 14.4. The third kappa shape index (κ3) is 13.1. The van der Waals surface area contributed by atoms with E-state index in [1.54, 1.807) is 45.0 Å². The number of benzene rings is 2. The number of carbonyl (C=O) groups excluding carboxylic acids is 3. The van der Waals surface area contributed by atoms with Gasteiger partial charge in [0.15, 0.2) is 6.10 Å². The first-order valence-electron chi connectivity index (χ1n) is 16.1. The van der Waals surface area contributed by atoms with Gasteiger partial charge < -0.3 is 24.2 Å². The maximum Gasteiger partial charge on any atom is 0.326 e. The lowest BCUT2D eigenvalue weighted by atomic mass is 9.93. The number of carbonyl (C=O) groups is 4. The van der Waals surface area contributed by atoms with Gasteiger partial charge in [0.1, 0.15) is 19.2 Å². The van der Waals surface area contributed by atoms with Crippen molar-refractivity contribution in [2.24, 2.45) is 0 Å². The van der Waals surface area contributed by atoms with Crippen molar-refractivity contribution in [3.8, 4) is 18.1 Å². The molecule has 0 saturated heterocycles. The number of aliphatic carboxylic acids is 1. The molecule has 2 aromatic carbocycles. The fourth-order valence-electron chi connectivity index (χ4n) is 4.95. The first-order chi connectivity index (χ1) is 25.0. The van der Waals surface area contributed by atoms with Gasteiger partial charge in [0.2, 0.25) is 0 Å². The normalized spacial score (nSPS) is 17.3. The van der Waals surface area contributed by atoms with Crippen LogP contribution in [0.3, 0.4) is 0 Å². The number of para-hydroxylation sites is 1. The van der Waals surface area contributed by atoms with Gasteiger partial charge in [-0.25, -0.2) is 13.6 Å². The van der Waals surface area contributed by atoms with E-state index < -0.39 is 72.3 Å². The zero-order chi connectivity index (χ0) is 41.1. The Morgan fingerprint density at radius 2 is 1.65 bits per heavy atom. The van der Waals surface area contributed by atoms with Gasteiger partial charge in [0.05, 0.1) is 53.6 Å². The first kappa shape index (κ1) is 46.2. The van der Waals surface area contributed by atoms with Gasteiger partial charge in [-0.3, -0.25) is 29.2 Å². The summed E-state index contributed by atoms with van der Waals surface area (Å²) in [7, 11) is -7.46. The minimum Gasteiger partial charge on any atom is -0.778 e. The molecule has 2 unspecified atom stereocenters. The zero-order valence-electron chi connectivity index (χ0n) is 30.4. The molecule has 0 saturated carbocycles. The van der Waals surface area contributed by atoms with Crippen molar-refractivity contribution in [3.05, 3.63) is 63.9 Å². The zero-order valence-corrected chi connectivity index (χ0v) is 33.7. The number of nitrogens with one attached hydrogen (secondary N) is 2. The number of anilines is 2. The van der Waals surface area contributed by atoms with Crippen LogP contribution in [0, 0.1) is 18.2 Å². The van der Waals surface area contributed by atoms with E-state index in [2.05, 4.69) is 29.4 Å². The smallest absolute Gasteiger partial charge is 0.326 e. The number of imide groups is 1. The number of carboxylic acids is 1. The van der Waals surface area contributed by atoms with Crippen LogP contribution < -0.4 is 24.6 Å². The van der Waals surface area contributed by atoms with Crippen LogP contribution >= 0.6 is 19.2 Å². The summed E-state index contributed by atoms with van der Waals surface area (Å²) < 4.78 is 56.6. The number of fused-ring (bicyclic) bond motifs is 1. The van der Waals surface area contributed by atoms with Gasteiger partial charge in [-0.2, -0.15) is 8.42 Å². The van der Waals surface area contributed by atoms with E-state index in [4.69, 9.17) is 32.8 Å². The van der Waals surface area contributed by atoms with Crippen molar-refractivity contribution in [2.45, 2.75) is 58.6 Å². The molecule has 0 bridgehead atoms.